The molecule has 1 aliphatic heterocycles. The second kappa shape index (κ2) is 4.77. The van der Waals surface area contributed by atoms with Crippen LogP contribution in [0.5, 0.6) is 0 Å². The van der Waals surface area contributed by atoms with Gasteiger partial charge in [-0.1, -0.05) is 0 Å². The van der Waals surface area contributed by atoms with Crippen molar-refractivity contribution in [3.63, 3.8) is 0 Å². The van der Waals surface area contributed by atoms with Crippen molar-refractivity contribution in [2.75, 3.05) is 17.2 Å². The Morgan fingerprint density at radius 3 is 2.58 bits per heavy atom. The highest BCUT2D eigenvalue weighted by molar-refractivity contribution is 7.92. The van der Waals surface area contributed by atoms with Crippen LogP contribution in [0.3, 0.4) is 0 Å². The fourth-order valence-corrected chi connectivity index (χ4v) is 5.12. The summed E-state index contributed by atoms with van der Waals surface area (Å²) in [6.45, 7) is 1.72. The van der Waals surface area contributed by atoms with E-state index in [0.29, 0.717) is 17.7 Å². The average Bonchev–Trinajstić information content (AvgIpc) is 2.61. The predicted octanol–water partition coefficient (Wildman–Crippen LogP) is 0.0426. The van der Waals surface area contributed by atoms with Crippen LogP contribution in [0.4, 0.5) is 5.69 Å². The van der Waals surface area contributed by atoms with E-state index in [0.717, 1.165) is 0 Å². The number of rotatable bonds is 3. The molecule has 1 atom stereocenters. The van der Waals surface area contributed by atoms with Crippen molar-refractivity contribution in [3.05, 3.63) is 23.8 Å². The van der Waals surface area contributed by atoms with E-state index in [9.17, 15) is 16.8 Å². The smallest absolute Gasteiger partial charge is 0.240 e. The van der Waals surface area contributed by atoms with Crippen LogP contribution in [0.1, 0.15) is 12.0 Å². The summed E-state index contributed by atoms with van der Waals surface area (Å²) in [4.78, 5) is 0.100. The lowest BCUT2D eigenvalue weighted by molar-refractivity contribution is 0.562. The Hall–Kier alpha value is -1.12. The molecule has 0 radical (unpaired) electrons. The Bertz CT molecular complexity index is 695. The molecule has 0 saturated carbocycles. The minimum absolute atomic E-state index is 0.0287. The number of hydrogen-bond acceptors (Lipinski definition) is 5. The maximum Gasteiger partial charge on any atom is 0.240 e. The van der Waals surface area contributed by atoms with Gasteiger partial charge in [0.2, 0.25) is 10.0 Å². The molecule has 2 rings (SSSR count). The van der Waals surface area contributed by atoms with Crippen molar-refractivity contribution in [1.29, 1.82) is 0 Å². The second-order valence-corrected chi connectivity index (χ2v) is 8.68. The van der Waals surface area contributed by atoms with E-state index < -0.39 is 25.9 Å². The van der Waals surface area contributed by atoms with Gasteiger partial charge in [0.05, 0.1) is 16.4 Å². The van der Waals surface area contributed by atoms with Gasteiger partial charge >= 0.3 is 0 Å². The first-order valence-corrected chi connectivity index (χ1v) is 9.09. The molecule has 0 aromatic heterocycles. The minimum Gasteiger partial charge on any atom is -0.399 e. The van der Waals surface area contributed by atoms with Gasteiger partial charge < -0.3 is 5.73 Å². The molecule has 1 unspecified atom stereocenters. The molecule has 0 spiro atoms. The standard InChI is InChI=1S/C11H16N2O4S2/c1-8-6-10(2-3-11(8)12)19(16,17)13-9-4-5-18(14,15)7-9/h2-3,6,9,13H,4-5,7,12H2,1H3. The average molecular weight is 304 g/mol. The van der Waals surface area contributed by atoms with Crippen LogP contribution in [0.2, 0.25) is 0 Å². The molecule has 1 aromatic carbocycles. The van der Waals surface area contributed by atoms with E-state index in [1.807, 2.05) is 0 Å². The summed E-state index contributed by atoms with van der Waals surface area (Å²) in [5, 5.41) is 0. The fourth-order valence-electron chi connectivity index (χ4n) is 1.99. The SMILES string of the molecule is Cc1cc(S(=O)(=O)NC2CCS(=O)(=O)C2)ccc1N. The Morgan fingerprint density at radius 1 is 1.37 bits per heavy atom. The van der Waals surface area contributed by atoms with Gasteiger partial charge in [-0.15, -0.1) is 0 Å². The zero-order chi connectivity index (χ0) is 14.3. The first-order chi connectivity index (χ1) is 8.70. The van der Waals surface area contributed by atoms with Crippen molar-refractivity contribution in [1.82, 2.24) is 4.72 Å². The van der Waals surface area contributed by atoms with E-state index in [1.165, 1.54) is 18.2 Å². The van der Waals surface area contributed by atoms with Gasteiger partial charge in [-0.2, -0.15) is 0 Å². The van der Waals surface area contributed by atoms with E-state index in [4.69, 9.17) is 5.73 Å². The van der Waals surface area contributed by atoms with E-state index >= 15 is 0 Å². The number of sulfonamides is 1. The lowest BCUT2D eigenvalue weighted by Crippen LogP contribution is -2.35. The van der Waals surface area contributed by atoms with Crippen LogP contribution in [0, 0.1) is 6.92 Å². The largest absolute Gasteiger partial charge is 0.399 e. The predicted molar refractivity (Wildman–Crippen MR) is 73.0 cm³/mol. The van der Waals surface area contributed by atoms with Crippen LogP contribution in [0.15, 0.2) is 23.1 Å². The maximum atomic E-state index is 12.1. The van der Waals surface area contributed by atoms with Crippen molar-refractivity contribution >= 4 is 25.5 Å². The number of sulfone groups is 1. The summed E-state index contributed by atoms with van der Waals surface area (Å²) in [5.74, 6) is -0.110. The molecular formula is C11H16N2O4S2. The highest BCUT2D eigenvalue weighted by Crippen LogP contribution is 2.19. The molecule has 1 aromatic rings. The Labute approximate surface area is 113 Å². The summed E-state index contributed by atoms with van der Waals surface area (Å²) in [5.41, 5.74) is 6.82. The van der Waals surface area contributed by atoms with E-state index in [1.54, 1.807) is 6.92 Å². The summed E-state index contributed by atoms with van der Waals surface area (Å²) < 4.78 is 49.3. The molecule has 0 bridgehead atoms. The molecule has 0 aliphatic carbocycles. The van der Waals surface area contributed by atoms with Crippen LogP contribution in [-0.4, -0.2) is 34.4 Å². The number of aryl methyl sites for hydroxylation is 1. The number of nitrogen functional groups attached to an aromatic ring is 1. The number of nitrogens with two attached hydrogens (primary N) is 1. The molecule has 6 nitrogen and oxygen atoms in total. The van der Waals surface area contributed by atoms with Gasteiger partial charge in [0.15, 0.2) is 9.84 Å². The number of hydrogen-bond donors (Lipinski definition) is 2. The van der Waals surface area contributed by atoms with Gasteiger partial charge in [-0.25, -0.2) is 21.6 Å². The second-order valence-electron chi connectivity index (χ2n) is 4.74. The Morgan fingerprint density at radius 2 is 2.05 bits per heavy atom. The molecule has 3 N–H and O–H groups in total. The van der Waals surface area contributed by atoms with Crippen molar-refractivity contribution in [2.45, 2.75) is 24.3 Å². The molecule has 106 valence electrons. The number of benzene rings is 1. The summed E-state index contributed by atoms with van der Waals surface area (Å²) in [6, 6.07) is 3.86. The van der Waals surface area contributed by atoms with E-state index in [2.05, 4.69) is 4.72 Å². The van der Waals surface area contributed by atoms with Gasteiger partial charge in [-0.05, 0) is 37.1 Å². The quantitative estimate of drug-likeness (QED) is 0.767. The monoisotopic (exact) mass is 304 g/mol. The van der Waals surface area contributed by atoms with Gasteiger partial charge in [0, 0.05) is 11.7 Å². The topological polar surface area (TPSA) is 106 Å². The van der Waals surface area contributed by atoms with Crippen molar-refractivity contribution in [2.24, 2.45) is 0 Å². The van der Waals surface area contributed by atoms with Gasteiger partial charge in [-0.3, -0.25) is 0 Å². The summed E-state index contributed by atoms with van der Waals surface area (Å²) >= 11 is 0. The van der Waals surface area contributed by atoms with Crippen molar-refractivity contribution in [3.8, 4) is 0 Å². The zero-order valence-electron chi connectivity index (χ0n) is 10.5. The zero-order valence-corrected chi connectivity index (χ0v) is 12.1. The lowest BCUT2D eigenvalue weighted by Gasteiger charge is -2.12. The summed E-state index contributed by atoms with van der Waals surface area (Å²) in [7, 11) is -6.82. The summed E-state index contributed by atoms with van der Waals surface area (Å²) in [6.07, 6.45) is 0.315. The molecule has 8 heteroatoms. The fraction of sp³-hybridized carbons (Fsp3) is 0.455. The minimum atomic E-state index is -3.70. The third kappa shape index (κ3) is 3.26. The van der Waals surface area contributed by atoms with Gasteiger partial charge in [0.1, 0.15) is 0 Å². The molecule has 1 heterocycles. The third-order valence-corrected chi connectivity index (χ3v) is 6.39. The van der Waals surface area contributed by atoms with Crippen molar-refractivity contribution < 1.29 is 16.8 Å². The molecule has 0 amide bonds. The molecule has 1 saturated heterocycles. The number of anilines is 1. The molecule has 1 aliphatic rings. The van der Waals surface area contributed by atoms with Crippen LogP contribution in [-0.2, 0) is 19.9 Å². The van der Waals surface area contributed by atoms with Crippen LogP contribution in [0.25, 0.3) is 0 Å². The molecule has 1 fully saturated rings. The first-order valence-electron chi connectivity index (χ1n) is 5.78. The number of nitrogens with one attached hydrogen (secondary N) is 1. The lowest BCUT2D eigenvalue weighted by atomic mass is 10.2. The third-order valence-electron chi connectivity index (χ3n) is 3.11. The highest BCUT2D eigenvalue weighted by atomic mass is 32.2. The molecular weight excluding hydrogens is 288 g/mol. The van der Waals surface area contributed by atoms with E-state index in [-0.39, 0.29) is 16.4 Å². The maximum absolute atomic E-state index is 12.1. The van der Waals surface area contributed by atoms with Crippen LogP contribution < -0.4 is 10.5 Å². The van der Waals surface area contributed by atoms with Gasteiger partial charge in [0.25, 0.3) is 0 Å². The molecule has 19 heavy (non-hydrogen) atoms. The normalized spacial score (nSPS) is 22.5. The highest BCUT2D eigenvalue weighted by Gasteiger charge is 2.31. The Kier molecular flexibility index (Phi) is 3.59. The first kappa shape index (κ1) is 14.3. The van der Waals surface area contributed by atoms with Crippen LogP contribution >= 0.6 is 0 Å². The Balaban J connectivity index is 2.21.